The minimum atomic E-state index is -0.0731. The molecule has 2 atom stereocenters. The molecule has 0 amide bonds. The highest BCUT2D eigenvalue weighted by molar-refractivity contribution is 8.15. The van der Waals surface area contributed by atoms with E-state index in [1.807, 2.05) is 6.92 Å². The fourth-order valence-corrected chi connectivity index (χ4v) is 3.09. The van der Waals surface area contributed by atoms with Crippen LogP contribution in [0.2, 0.25) is 0 Å². The van der Waals surface area contributed by atoms with Gasteiger partial charge in [-0.2, -0.15) is 0 Å². The molecule has 0 saturated carbocycles. The molecule has 0 radical (unpaired) electrons. The zero-order valence-electron chi connectivity index (χ0n) is 10.1. The average molecular weight is 257 g/mol. The maximum atomic E-state index is 12.0. The smallest absolute Gasteiger partial charge is 0.155 e. The number of carbonyl (C=O) groups is 1. The molecule has 96 valence electrons. The maximum absolute atomic E-state index is 12.0. The number of Topliss-reactive ketones (excluding diaryl/α,β-unsaturated/α-hetero) is 1. The van der Waals surface area contributed by atoms with Gasteiger partial charge < -0.3 is 10.5 Å². The summed E-state index contributed by atoms with van der Waals surface area (Å²) in [6.45, 7) is 6.19. The first-order valence-electron chi connectivity index (χ1n) is 5.99. The van der Waals surface area contributed by atoms with E-state index in [0.29, 0.717) is 11.6 Å². The molecule has 6 heteroatoms. The van der Waals surface area contributed by atoms with E-state index >= 15 is 0 Å². The van der Waals surface area contributed by atoms with Crippen LogP contribution in [0.25, 0.3) is 0 Å². The van der Waals surface area contributed by atoms with Crippen molar-refractivity contribution in [1.82, 2.24) is 4.90 Å². The van der Waals surface area contributed by atoms with Gasteiger partial charge in [0.05, 0.1) is 24.5 Å². The van der Waals surface area contributed by atoms with Crippen LogP contribution in [0.15, 0.2) is 4.99 Å². The highest BCUT2D eigenvalue weighted by Gasteiger charge is 2.31. The molecule has 2 heterocycles. The molecule has 2 aliphatic heterocycles. The number of nitrogens with zero attached hydrogens (tertiary/aromatic N) is 2. The summed E-state index contributed by atoms with van der Waals surface area (Å²) in [7, 11) is 0. The average Bonchev–Trinajstić information content (AvgIpc) is 2.67. The maximum Gasteiger partial charge on any atom is 0.155 e. The van der Waals surface area contributed by atoms with Gasteiger partial charge in [0.2, 0.25) is 0 Å². The van der Waals surface area contributed by atoms with Crippen LogP contribution >= 0.6 is 11.8 Å². The predicted molar refractivity (Wildman–Crippen MR) is 69.3 cm³/mol. The van der Waals surface area contributed by atoms with E-state index in [9.17, 15) is 4.79 Å². The third kappa shape index (κ3) is 3.43. The first-order valence-corrected chi connectivity index (χ1v) is 6.87. The van der Waals surface area contributed by atoms with Crippen LogP contribution in [-0.2, 0) is 9.53 Å². The Labute approximate surface area is 106 Å². The second-order valence-electron chi connectivity index (χ2n) is 4.42. The Bertz CT molecular complexity index is 316. The molecule has 2 N–H and O–H groups in total. The van der Waals surface area contributed by atoms with Crippen molar-refractivity contribution in [1.29, 1.82) is 0 Å². The minimum Gasteiger partial charge on any atom is -0.379 e. The molecule has 0 aliphatic carbocycles. The molecule has 2 aliphatic rings. The van der Waals surface area contributed by atoms with Crippen molar-refractivity contribution in [2.24, 2.45) is 10.7 Å². The second-order valence-corrected chi connectivity index (χ2v) is 5.58. The van der Waals surface area contributed by atoms with Gasteiger partial charge in [-0.15, -0.1) is 0 Å². The summed E-state index contributed by atoms with van der Waals surface area (Å²) in [4.78, 5) is 18.5. The standard InChI is InChI=1S/C11H19N3O2S/c1-8-10(17-11(12)13-8)9(15)2-3-14-4-6-16-7-5-14/h8,10H,2-7H2,1H3,(H2,12,13). The van der Waals surface area contributed by atoms with Crippen LogP contribution in [0.4, 0.5) is 0 Å². The number of carbonyl (C=O) groups excluding carboxylic acids is 1. The number of ketones is 1. The second kappa shape index (κ2) is 5.84. The van der Waals surface area contributed by atoms with Gasteiger partial charge in [0, 0.05) is 26.1 Å². The lowest BCUT2D eigenvalue weighted by molar-refractivity contribution is -0.119. The number of ether oxygens (including phenoxy) is 1. The Morgan fingerprint density at radius 2 is 2.29 bits per heavy atom. The lowest BCUT2D eigenvalue weighted by Gasteiger charge is -2.26. The molecule has 5 nitrogen and oxygen atoms in total. The highest BCUT2D eigenvalue weighted by Crippen LogP contribution is 2.26. The van der Waals surface area contributed by atoms with Crippen LogP contribution in [0.3, 0.4) is 0 Å². The number of rotatable bonds is 4. The van der Waals surface area contributed by atoms with E-state index in [0.717, 1.165) is 32.8 Å². The van der Waals surface area contributed by atoms with Gasteiger partial charge in [-0.3, -0.25) is 14.7 Å². The van der Waals surface area contributed by atoms with Gasteiger partial charge in [-0.05, 0) is 6.92 Å². The Kier molecular flexibility index (Phi) is 4.42. The summed E-state index contributed by atoms with van der Waals surface area (Å²) < 4.78 is 5.27. The highest BCUT2D eigenvalue weighted by atomic mass is 32.2. The van der Waals surface area contributed by atoms with E-state index in [1.54, 1.807) is 0 Å². The summed E-state index contributed by atoms with van der Waals surface area (Å²) >= 11 is 1.40. The minimum absolute atomic E-state index is 0.0252. The van der Waals surface area contributed by atoms with Gasteiger partial charge in [-0.25, -0.2) is 0 Å². The quantitative estimate of drug-likeness (QED) is 0.773. The molecule has 2 rings (SSSR count). The first-order chi connectivity index (χ1) is 8.16. The van der Waals surface area contributed by atoms with Crippen molar-refractivity contribution in [3.05, 3.63) is 0 Å². The number of nitrogens with two attached hydrogens (primary N) is 1. The topological polar surface area (TPSA) is 67.9 Å². The van der Waals surface area contributed by atoms with Crippen LogP contribution < -0.4 is 5.73 Å². The summed E-state index contributed by atoms with van der Waals surface area (Å²) in [5.74, 6) is 0.262. The van der Waals surface area contributed by atoms with Crippen LogP contribution in [0.1, 0.15) is 13.3 Å². The Hall–Kier alpha value is -0.590. The summed E-state index contributed by atoms with van der Waals surface area (Å²) in [5, 5.41) is 0.471. The van der Waals surface area contributed by atoms with Crippen molar-refractivity contribution in [2.45, 2.75) is 24.6 Å². The SMILES string of the molecule is CC1N=C(N)SC1C(=O)CCN1CCOCC1. The van der Waals surface area contributed by atoms with Crippen LogP contribution in [-0.4, -0.2) is 60.0 Å². The zero-order valence-corrected chi connectivity index (χ0v) is 10.9. The molecular weight excluding hydrogens is 238 g/mol. The molecule has 1 saturated heterocycles. The Morgan fingerprint density at radius 3 is 2.88 bits per heavy atom. The van der Waals surface area contributed by atoms with Crippen LogP contribution in [0.5, 0.6) is 0 Å². The molecule has 0 aromatic carbocycles. The van der Waals surface area contributed by atoms with Gasteiger partial charge >= 0.3 is 0 Å². The fraction of sp³-hybridized carbons (Fsp3) is 0.818. The Balaban J connectivity index is 1.74. The predicted octanol–water partition coefficient (Wildman–Crippen LogP) is 0.0964. The van der Waals surface area contributed by atoms with Crippen molar-refractivity contribution < 1.29 is 9.53 Å². The molecule has 17 heavy (non-hydrogen) atoms. The summed E-state index contributed by atoms with van der Waals surface area (Å²) in [6.07, 6.45) is 0.588. The molecule has 2 unspecified atom stereocenters. The number of amidine groups is 1. The van der Waals surface area contributed by atoms with E-state index < -0.39 is 0 Å². The lowest BCUT2D eigenvalue weighted by atomic mass is 10.1. The van der Waals surface area contributed by atoms with Gasteiger partial charge in [0.25, 0.3) is 0 Å². The van der Waals surface area contributed by atoms with Gasteiger partial charge in [0.1, 0.15) is 5.78 Å². The Morgan fingerprint density at radius 1 is 1.59 bits per heavy atom. The zero-order chi connectivity index (χ0) is 12.3. The lowest BCUT2D eigenvalue weighted by Crippen LogP contribution is -2.38. The molecular formula is C11H19N3O2S. The summed E-state index contributed by atoms with van der Waals surface area (Å²) in [5.41, 5.74) is 5.63. The number of aliphatic imine (C=N–C) groups is 1. The summed E-state index contributed by atoms with van der Waals surface area (Å²) in [6, 6.07) is 0.0252. The van der Waals surface area contributed by atoms with E-state index in [2.05, 4.69) is 9.89 Å². The largest absolute Gasteiger partial charge is 0.379 e. The fourth-order valence-electron chi connectivity index (χ4n) is 2.10. The molecule has 0 aromatic heterocycles. The van der Waals surface area contributed by atoms with E-state index in [4.69, 9.17) is 10.5 Å². The molecule has 1 fully saturated rings. The number of thioether (sulfide) groups is 1. The van der Waals surface area contributed by atoms with Crippen LogP contribution in [0, 0.1) is 0 Å². The van der Waals surface area contributed by atoms with Crippen molar-refractivity contribution in [3.8, 4) is 0 Å². The van der Waals surface area contributed by atoms with Crippen molar-refractivity contribution in [3.63, 3.8) is 0 Å². The van der Waals surface area contributed by atoms with Gasteiger partial charge in [-0.1, -0.05) is 11.8 Å². The van der Waals surface area contributed by atoms with Crippen molar-refractivity contribution in [2.75, 3.05) is 32.8 Å². The number of morpholine rings is 1. The molecule has 0 aromatic rings. The van der Waals surface area contributed by atoms with E-state index in [-0.39, 0.29) is 17.1 Å². The number of hydrogen-bond acceptors (Lipinski definition) is 6. The third-order valence-corrected chi connectivity index (χ3v) is 4.37. The normalized spacial score (nSPS) is 30.3. The third-order valence-electron chi connectivity index (χ3n) is 3.11. The first kappa shape index (κ1) is 12.9. The van der Waals surface area contributed by atoms with Gasteiger partial charge in [0.15, 0.2) is 5.17 Å². The molecule has 0 bridgehead atoms. The number of hydrogen-bond donors (Lipinski definition) is 1. The van der Waals surface area contributed by atoms with E-state index in [1.165, 1.54) is 11.8 Å². The van der Waals surface area contributed by atoms with Crippen molar-refractivity contribution >= 4 is 22.7 Å². The molecule has 0 spiro atoms. The monoisotopic (exact) mass is 257 g/mol.